The number of hydrogen-bond donors (Lipinski definition) is 2. The summed E-state index contributed by atoms with van der Waals surface area (Å²) in [5.74, 6) is 0. The van der Waals surface area contributed by atoms with E-state index < -0.39 is 10.0 Å². The van der Waals surface area contributed by atoms with Crippen molar-refractivity contribution in [3.8, 4) is 0 Å². The van der Waals surface area contributed by atoms with Gasteiger partial charge in [-0.15, -0.1) is 0 Å². The molecule has 0 atom stereocenters. The van der Waals surface area contributed by atoms with Crippen molar-refractivity contribution in [3.05, 3.63) is 28.8 Å². The molecule has 1 aromatic carbocycles. The average molecular weight is 320 g/mol. The first-order valence-corrected chi connectivity index (χ1v) is 8.30. The molecule has 0 spiro atoms. The number of nitrogens with one attached hydrogen (secondary N) is 2. The van der Waals surface area contributed by atoms with Gasteiger partial charge in [0, 0.05) is 18.1 Å². The zero-order chi connectivity index (χ0) is 15.2. The molecule has 0 fully saturated rings. The van der Waals surface area contributed by atoms with E-state index in [4.69, 9.17) is 11.6 Å². The Balaban J connectivity index is 2.74. The van der Waals surface area contributed by atoms with E-state index in [1.54, 1.807) is 19.2 Å². The third-order valence-corrected chi connectivity index (χ3v) is 4.60. The summed E-state index contributed by atoms with van der Waals surface area (Å²) in [6.45, 7) is 1.79. The summed E-state index contributed by atoms with van der Waals surface area (Å²) < 4.78 is 26.9. The number of hydrogen-bond acceptors (Lipinski definition) is 4. The van der Waals surface area contributed by atoms with Crippen LogP contribution in [0.25, 0.3) is 0 Å². The molecule has 0 heterocycles. The normalized spacial score (nSPS) is 12.1. The monoisotopic (exact) mass is 319 g/mol. The van der Waals surface area contributed by atoms with Crippen LogP contribution >= 0.6 is 11.6 Å². The summed E-state index contributed by atoms with van der Waals surface area (Å²) in [4.78, 5) is 2.26. The molecule has 1 rings (SSSR count). The first-order chi connectivity index (χ1) is 9.36. The average Bonchev–Trinajstić information content (AvgIpc) is 2.37. The van der Waals surface area contributed by atoms with Crippen LogP contribution in [0.4, 0.5) is 0 Å². The van der Waals surface area contributed by atoms with E-state index in [1.165, 1.54) is 6.07 Å². The summed E-state index contributed by atoms with van der Waals surface area (Å²) in [6.07, 6.45) is 0.767. The van der Waals surface area contributed by atoms with Gasteiger partial charge in [0.25, 0.3) is 0 Å². The Labute approximate surface area is 126 Å². The predicted molar refractivity (Wildman–Crippen MR) is 82.6 cm³/mol. The van der Waals surface area contributed by atoms with Gasteiger partial charge in [0.05, 0.1) is 4.90 Å². The van der Waals surface area contributed by atoms with E-state index in [-0.39, 0.29) is 4.90 Å². The second kappa shape index (κ2) is 7.95. The van der Waals surface area contributed by atoms with Crippen LogP contribution in [0, 0.1) is 0 Å². The second-order valence-electron chi connectivity index (χ2n) is 4.84. The molecule has 0 amide bonds. The van der Waals surface area contributed by atoms with Gasteiger partial charge in [0.2, 0.25) is 10.0 Å². The van der Waals surface area contributed by atoms with Gasteiger partial charge in [0.15, 0.2) is 0 Å². The minimum absolute atomic E-state index is 0.247. The molecule has 0 aliphatic heterocycles. The number of sulfonamides is 1. The van der Waals surface area contributed by atoms with Gasteiger partial charge < -0.3 is 10.2 Å². The maximum Gasteiger partial charge on any atom is 0.240 e. The summed E-state index contributed by atoms with van der Waals surface area (Å²) in [5, 5.41) is 3.52. The molecule has 0 radical (unpaired) electrons. The summed E-state index contributed by atoms with van der Waals surface area (Å²) in [6, 6.07) is 4.74. The van der Waals surface area contributed by atoms with Gasteiger partial charge in [0.1, 0.15) is 0 Å². The fourth-order valence-corrected chi connectivity index (χ4v) is 3.04. The van der Waals surface area contributed by atoms with Crippen molar-refractivity contribution in [1.82, 2.24) is 14.9 Å². The van der Waals surface area contributed by atoms with Crippen LogP contribution in [0.3, 0.4) is 0 Å². The molecule has 7 heteroatoms. The van der Waals surface area contributed by atoms with Gasteiger partial charge >= 0.3 is 0 Å². The molecule has 0 unspecified atom stereocenters. The van der Waals surface area contributed by atoms with Crippen LogP contribution in [0.15, 0.2) is 23.1 Å². The zero-order valence-corrected chi connectivity index (χ0v) is 13.7. The molecule has 5 nitrogen and oxygen atoms in total. The SMILES string of the molecule is CNCc1cc(S(=O)(=O)NCCCN(C)C)ccc1Cl. The van der Waals surface area contributed by atoms with Crippen LogP contribution in [0.5, 0.6) is 0 Å². The zero-order valence-electron chi connectivity index (χ0n) is 12.1. The van der Waals surface area contributed by atoms with E-state index >= 15 is 0 Å². The lowest BCUT2D eigenvalue weighted by Crippen LogP contribution is -2.27. The molecule has 0 aromatic heterocycles. The third kappa shape index (κ3) is 5.38. The van der Waals surface area contributed by atoms with Crippen molar-refractivity contribution >= 4 is 21.6 Å². The van der Waals surface area contributed by atoms with Crippen molar-refractivity contribution in [2.24, 2.45) is 0 Å². The van der Waals surface area contributed by atoms with E-state index in [2.05, 4.69) is 10.0 Å². The van der Waals surface area contributed by atoms with Crippen LogP contribution < -0.4 is 10.0 Å². The highest BCUT2D eigenvalue weighted by Gasteiger charge is 2.15. The molecular formula is C13H22ClN3O2S. The molecule has 0 saturated carbocycles. The van der Waals surface area contributed by atoms with Crippen LogP contribution in [-0.4, -0.2) is 47.6 Å². The van der Waals surface area contributed by atoms with Gasteiger partial charge in [-0.2, -0.15) is 0 Å². The fraction of sp³-hybridized carbons (Fsp3) is 0.538. The molecule has 2 N–H and O–H groups in total. The van der Waals surface area contributed by atoms with Crippen molar-refractivity contribution < 1.29 is 8.42 Å². The lowest BCUT2D eigenvalue weighted by atomic mass is 10.2. The molecule has 0 saturated heterocycles. The van der Waals surface area contributed by atoms with Crippen molar-refractivity contribution in [1.29, 1.82) is 0 Å². The Morgan fingerprint density at radius 2 is 2.00 bits per heavy atom. The van der Waals surface area contributed by atoms with E-state index in [0.717, 1.165) is 18.5 Å². The van der Waals surface area contributed by atoms with E-state index in [0.29, 0.717) is 18.1 Å². The highest BCUT2D eigenvalue weighted by atomic mass is 35.5. The summed E-state index contributed by atoms with van der Waals surface area (Å²) in [5.41, 5.74) is 0.769. The highest BCUT2D eigenvalue weighted by Crippen LogP contribution is 2.20. The van der Waals surface area contributed by atoms with E-state index in [1.807, 2.05) is 19.0 Å². The van der Waals surface area contributed by atoms with Crippen molar-refractivity contribution in [2.45, 2.75) is 17.9 Å². The Hall–Kier alpha value is -0.660. The van der Waals surface area contributed by atoms with Crippen LogP contribution in [-0.2, 0) is 16.6 Å². The fourth-order valence-electron chi connectivity index (χ4n) is 1.73. The first kappa shape index (κ1) is 17.4. The molecule has 20 heavy (non-hydrogen) atoms. The standard InChI is InChI=1S/C13H22ClN3O2S/c1-15-10-11-9-12(5-6-13(11)14)20(18,19)16-7-4-8-17(2)3/h5-6,9,15-16H,4,7-8,10H2,1-3H3. The maximum atomic E-state index is 12.2. The molecule has 1 aromatic rings. The topological polar surface area (TPSA) is 61.4 Å². The summed E-state index contributed by atoms with van der Waals surface area (Å²) in [7, 11) is 2.23. The molecular weight excluding hydrogens is 298 g/mol. The number of benzene rings is 1. The van der Waals surface area contributed by atoms with Gasteiger partial charge in [-0.3, -0.25) is 0 Å². The highest BCUT2D eigenvalue weighted by molar-refractivity contribution is 7.89. The summed E-state index contributed by atoms with van der Waals surface area (Å²) >= 11 is 6.03. The molecule has 0 aliphatic rings. The molecule has 114 valence electrons. The predicted octanol–water partition coefficient (Wildman–Crippen LogP) is 1.29. The molecule has 0 aliphatic carbocycles. The minimum atomic E-state index is -3.47. The van der Waals surface area contributed by atoms with Gasteiger partial charge in [-0.05, 0) is 57.9 Å². The number of halogens is 1. The third-order valence-electron chi connectivity index (χ3n) is 2.77. The first-order valence-electron chi connectivity index (χ1n) is 6.44. The quantitative estimate of drug-likeness (QED) is 0.709. The number of rotatable bonds is 8. The Kier molecular flexibility index (Phi) is 6.91. The van der Waals surface area contributed by atoms with Gasteiger partial charge in [-0.25, -0.2) is 13.1 Å². The van der Waals surface area contributed by atoms with Crippen molar-refractivity contribution in [3.63, 3.8) is 0 Å². The minimum Gasteiger partial charge on any atom is -0.316 e. The lowest BCUT2D eigenvalue weighted by molar-refractivity contribution is 0.400. The van der Waals surface area contributed by atoms with Crippen LogP contribution in [0.2, 0.25) is 5.02 Å². The van der Waals surface area contributed by atoms with Crippen LogP contribution in [0.1, 0.15) is 12.0 Å². The van der Waals surface area contributed by atoms with Gasteiger partial charge in [-0.1, -0.05) is 11.6 Å². The number of nitrogens with zero attached hydrogens (tertiary/aromatic N) is 1. The Morgan fingerprint density at radius 3 is 2.60 bits per heavy atom. The lowest BCUT2D eigenvalue weighted by Gasteiger charge is -2.11. The van der Waals surface area contributed by atoms with E-state index in [9.17, 15) is 8.42 Å². The largest absolute Gasteiger partial charge is 0.316 e. The van der Waals surface area contributed by atoms with Crippen molar-refractivity contribution in [2.75, 3.05) is 34.2 Å². The smallest absolute Gasteiger partial charge is 0.240 e. The second-order valence-corrected chi connectivity index (χ2v) is 7.01. The molecule has 0 bridgehead atoms. The Bertz CT molecular complexity index is 532. The Morgan fingerprint density at radius 1 is 1.30 bits per heavy atom. The maximum absolute atomic E-state index is 12.2.